The maximum absolute atomic E-state index is 13.2. The minimum atomic E-state index is -0.296. The molecular weight excluding hydrogens is 441 g/mol. The molecule has 35 heavy (non-hydrogen) atoms. The number of carbonyl (C=O) groups is 2. The first-order valence-electron chi connectivity index (χ1n) is 12.5. The molecule has 3 aliphatic rings. The van der Waals surface area contributed by atoms with Gasteiger partial charge in [0.05, 0.1) is 0 Å². The van der Waals surface area contributed by atoms with Crippen LogP contribution >= 0.6 is 0 Å². The van der Waals surface area contributed by atoms with Crippen LogP contribution in [0.1, 0.15) is 48.3 Å². The molecule has 2 atom stereocenters. The number of halogens is 1. The SMILES string of the molecule is O=C(Cc1ccc(F)cc1)C1CC2CCC(C1)N2C(=O)OCC1c2ccccc2-c2ccccc21. The van der Waals surface area contributed by atoms with Crippen LogP contribution in [0.15, 0.2) is 72.8 Å². The molecule has 3 aromatic rings. The van der Waals surface area contributed by atoms with E-state index < -0.39 is 0 Å². The predicted octanol–water partition coefficient (Wildman–Crippen LogP) is 6.13. The average Bonchev–Trinajstić information content (AvgIpc) is 3.34. The normalized spacial score (nSPS) is 22.5. The lowest BCUT2D eigenvalue weighted by atomic mass is 9.85. The summed E-state index contributed by atoms with van der Waals surface area (Å²) in [7, 11) is 0. The third-order valence-electron chi connectivity index (χ3n) is 8.03. The number of hydrogen-bond donors (Lipinski definition) is 0. The van der Waals surface area contributed by atoms with Crippen LogP contribution in [0, 0.1) is 11.7 Å². The summed E-state index contributed by atoms with van der Waals surface area (Å²) in [6, 6.07) is 22.9. The standard InChI is InChI=1S/C30H28FNO3/c31-21-11-9-19(10-12-21)15-29(33)20-16-22-13-14-23(17-20)32(22)30(34)35-18-28-26-7-3-1-5-24(26)25-6-2-4-8-27(25)28/h1-12,20,22-23,28H,13-18H2. The largest absolute Gasteiger partial charge is 0.448 e. The summed E-state index contributed by atoms with van der Waals surface area (Å²) in [6.07, 6.45) is 3.24. The fourth-order valence-corrected chi connectivity index (χ4v) is 6.35. The van der Waals surface area contributed by atoms with Crippen LogP contribution in [-0.2, 0) is 16.0 Å². The first-order valence-corrected chi connectivity index (χ1v) is 12.5. The molecule has 1 aliphatic carbocycles. The minimum absolute atomic E-state index is 0.0406. The first kappa shape index (κ1) is 22.0. The topological polar surface area (TPSA) is 46.6 Å². The van der Waals surface area contributed by atoms with E-state index in [1.807, 2.05) is 29.2 Å². The number of ether oxygens (including phenoxy) is 1. The third-order valence-corrected chi connectivity index (χ3v) is 8.03. The zero-order chi connectivity index (χ0) is 23.9. The highest BCUT2D eigenvalue weighted by molar-refractivity contribution is 5.84. The average molecular weight is 470 g/mol. The Hall–Kier alpha value is -3.47. The maximum Gasteiger partial charge on any atom is 0.410 e. The van der Waals surface area contributed by atoms with Crippen molar-refractivity contribution < 1.29 is 18.7 Å². The number of fused-ring (bicyclic) bond motifs is 5. The highest BCUT2D eigenvalue weighted by Gasteiger charge is 2.46. The summed E-state index contributed by atoms with van der Waals surface area (Å²) >= 11 is 0. The molecule has 2 aliphatic heterocycles. The van der Waals surface area contributed by atoms with Crippen LogP contribution < -0.4 is 0 Å². The maximum atomic E-state index is 13.2. The summed E-state index contributed by atoms with van der Waals surface area (Å²) in [4.78, 5) is 28.1. The van der Waals surface area contributed by atoms with Crippen molar-refractivity contribution in [2.45, 2.75) is 50.1 Å². The quantitative estimate of drug-likeness (QED) is 0.452. The fourth-order valence-electron chi connectivity index (χ4n) is 6.35. The Bertz CT molecular complexity index is 1210. The molecule has 0 radical (unpaired) electrons. The van der Waals surface area contributed by atoms with Gasteiger partial charge in [-0.1, -0.05) is 60.7 Å². The molecule has 1 amide bonds. The van der Waals surface area contributed by atoms with Gasteiger partial charge in [-0.05, 0) is 65.6 Å². The van der Waals surface area contributed by atoms with Crippen molar-refractivity contribution in [1.82, 2.24) is 4.90 Å². The van der Waals surface area contributed by atoms with E-state index in [2.05, 4.69) is 24.3 Å². The van der Waals surface area contributed by atoms with E-state index in [1.165, 1.54) is 34.4 Å². The number of amides is 1. The molecule has 0 aromatic heterocycles. The van der Waals surface area contributed by atoms with Crippen molar-refractivity contribution in [2.75, 3.05) is 6.61 Å². The van der Waals surface area contributed by atoms with Gasteiger partial charge in [-0.25, -0.2) is 9.18 Å². The van der Waals surface area contributed by atoms with Crippen molar-refractivity contribution in [1.29, 1.82) is 0 Å². The van der Waals surface area contributed by atoms with Crippen LogP contribution in [0.2, 0.25) is 0 Å². The summed E-state index contributed by atoms with van der Waals surface area (Å²) in [5, 5.41) is 0. The molecule has 2 saturated heterocycles. The van der Waals surface area contributed by atoms with Crippen molar-refractivity contribution in [2.24, 2.45) is 5.92 Å². The second kappa shape index (κ2) is 8.95. The number of rotatable bonds is 5. The zero-order valence-electron chi connectivity index (χ0n) is 19.5. The van der Waals surface area contributed by atoms with E-state index >= 15 is 0 Å². The summed E-state index contributed by atoms with van der Waals surface area (Å²) in [5.74, 6) is -0.134. The molecule has 0 spiro atoms. The van der Waals surface area contributed by atoms with E-state index in [0.29, 0.717) is 25.9 Å². The van der Waals surface area contributed by atoms with E-state index in [9.17, 15) is 14.0 Å². The molecule has 2 heterocycles. The molecule has 0 saturated carbocycles. The number of hydrogen-bond acceptors (Lipinski definition) is 3. The van der Waals surface area contributed by atoms with Gasteiger partial charge in [0.25, 0.3) is 0 Å². The number of Topliss-reactive ketones (excluding diaryl/α,β-unsaturated/α-hetero) is 1. The second-order valence-electron chi connectivity index (χ2n) is 10.0. The molecule has 3 aromatic carbocycles. The van der Waals surface area contributed by atoms with Crippen LogP contribution in [-0.4, -0.2) is 35.5 Å². The van der Waals surface area contributed by atoms with Crippen LogP contribution in [0.5, 0.6) is 0 Å². The first-order chi connectivity index (χ1) is 17.1. The van der Waals surface area contributed by atoms with Gasteiger partial charge >= 0.3 is 6.09 Å². The minimum Gasteiger partial charge on any atom is -0.448 e. The van der Waals surface area contributed by atoms with Crippen molar-refractivity contribution >= 4 is 11.9 Å². The van der Waals surface area contributed by atoms with E-state index in [4.69, 9.17) is 4.74 Å². The number of carbonyl (C=O) groups excluding carboxylic acids is 2. The summed E-state index contributed by atoms with van der Waals surface area (Å²) in [6.45, 7) is 0.315. The number of piperidine rings is 1. The van der Waals surface area contributed by atoms with Gasteiger partial charge in [0, 0.05) is 30.3 Å². The van der Waals surface area contributed by atoms with E-state index in [0.717, 1.165) is 18.4 Å². The molecule has 2 bridgehead atoms. The Morgan fingerprint density at radius 1 is 0.829 bits per heavy atom. The molecule has 0 N–H and O–H groups in total. The summed E-state index contributed by atoms with van der Waals surface area (Å²) in [5.41, 5.74) is 5.67. The zero-order valence-corrected chi connectivity index (χ0v) is 19.5. The molecular formula is C30H28FNO3. The molecule has 6 rings (SSSR count). The smallest absolute Gasteiger partial charge is 0.410 e. The van der Waals surface area contributed by atoms with Gasteiger partial charge < -0.3 is 9.64 Å². The molecule has 2 fully saturated rings. The van der Waals surface area contributed by atoms with Gasteiger partial charge in [-0.3, -0.25) is 4.79 Å². The van der Waals surface area contributed by atoms with Gasteiger partial charge in [0.2, 0.25) is 0 Å². The number of benzene rings is 3. The Morgan fingerprint density at radius 3 is 2.00 bits per heavy atom. The van der Waals surface area contributed by atoms with E-state index in [-0.39, 0.29) is 41.6 Å². The lowest BCUT2D eigenvalue weighted by Crippen LogP contribution is -2.48. The van der Waals surface area contributed by atoms with Crippen LogP contribution in [0.4, 0.5) is 9.18 Å². The molecule has 5 heteroatoms. The van der Waals surface area contributed by atoms with Crippen LogP contribution in [0.3, 0.4) is 0 Å². The van der Waals surface area contributed by atoms with Crippen molar-refractivity contribution in [3.05, 3.63) is 95.3 Å². The molecule has 4 nitrogen and oxygen atoms in total. The Balaban J connectivity index is 1.11. The monoisotopic (exact) mass is 469 g/mol. The molecule has 178 valence electrons. The summed E-state index contributed by atoms with van der Waals surface area (Å²) < 4.78 is 19.1. The lowest BCUT2D eigenvalue weighted by Gasteiger charge is -2.37. The molecule has 2 unspecified atom stereocenters. The third kappa shape index (κ3) is 4.03. The number of ketones is 1. The predicted molar refractivity (Wildman–Crippen MR) is 132 cm³/mol. The highest BCUT2D eigenvalue weighted by atomic mass is 19.1. The van der Waals surface area contributed by atoms with Gasteiger partial charge in [0.15, 0.2) is 0 Å². The highest BCUT2D eigenvalue weighted by Crippen LogP contribution is 2.45. The van der Waals surface area contributed by atoms with Gasteiger partial charge in [-0.15, -0.1) is 0 Å². The Labute approximate surface area is 204 Å². The lowest BCUT2D eigenvalue weighted by molar-refractivity contribution is -0.124. The fraction of sp³-hybridized carbons (Fsp3) is 0.333. The van der Waals surface area contributed by atoms with Gasteiger partial charge in [-0.2, -0.15) is 0 Å². The van der Waals surface area contributed by atoms with Gasteiger partial charge in [0.1, 0.15) is 18.2 Å². The van der Waals surface area contributed by atoms with E-state index in [1.54, 1.807) is 12.1 Å². The Morgan fingerprint density at radius 2 is 1.40 bits per heavy atom. The van der Waals surface area contributed by atoms with Crippen molar-refractivity contribution in [3.8, 4) is 11.1 Å². The van der Waals surface area contributed by atoms with Crippen molar-refractivity contribution in [3.63, 3.8) is 0 Å². The number of nitrogens with zero attached hydrogens (tertiary/aromatic N) is 1. The second-order valence-corrected chi connectivity index (χ2v) is 10.0. The Kier molecular flexibility index (Phi) is 5.63. The van der Waals surface area contributed by atoms with Crippen LogP contribution in [0.25, 0.3) is 11.1 Å².